The third kappa shape index (κ3) is 522. The van der Waals surface area contributed by atoms with Crippen LogP contribution in [0.5, 0.6) is 0 Å². The molecule has 0 aliphatic heterocycles. The first-order valence-corrected chi connectivity index (χ1v) is 41.0. The van der Waals surface area contributed by atoms with Gasteiger partial charge in [0.15, 0.2) is 0 Å². The molecule has 126 heavy (non-hydrogen) atoms. The zero-order valence-electron chi connectivity index (χ0n) is 85.3. The van der Waals surface area contributed by atoms with E-state index >= 15 is 0 Å². The van der Waals surface area contributed by atoms with Crippen molar-refractivity contribution in [3.05, 3.63) is 0 Å². The Morgan fingerprint density at radius 3 is 0.151 bits per heavy atom. The lowest BCUT2D eigenvalue weighted by Crippen LogP contribution is -1.95. The molecule has 40 heteroatoms. The van der Waals surface area contributed by atoms with Crippen LogP contribution < -0.4 is 0 Å². The Morgan fingerprint density at radius 1 is 0.103 bits per heavy atom. The molecule has 758 valence electrons. The summed E-state index contributed by atoms with van der Waals surface area (Å²) >= 11 is 0. The Morgan fingerprint density at radius 2 is 0.143 bits per heavy atom. The number of hydrogen-bond donors (Lipinski definition) is 0. The van der Waals surface area contributed by atoms with Crippen molar-refractivity contribution in [3.63, 3.8) is 0 Å². The van der Waals surface area contributed by atoms with Gasteiger partial charge in [-0.3, -0.25) is 95.9 Å². The van der Waals surface area contributed by atoms with Crippen LogP contribution in [0.25, 0.3) is 0 Å². The van der Waals surface area contributed by atoms with Crippen LogP contribution in [0, 0.1) is 0 Å². The van der Waals surface area contributed by atoms with Crippen molar-refractivity contribution in [1.82, 2.24) is 0 Å². The van der Waals surface area contributed by atoms with E-state index in [9.17, 15) is 95.9 Å². The summed E-state index contributed by atoms with van der Waals surface area (Å²) in [5, 5.41) is 0. The summed E-state index contributed by atoms with van der Waals surface area (Å²) in [5.74, 6) is -4.21. The second kappa shape index (κ2) is 169. The molecule has 0 aliphatic rings. The molecule has 40 nitrogen and oxygen atoms in total. The van der Waals surface area contributed by atoms with Gasteiger partial charge in [-0.1, -0.05) is 39.5 Å². The van der Waals surface area contributed by atoms with Crippen LogP contribution in [-0.2, 0) is 191 Å². The summed E-state index contributed by atoms with van der Waals surface area (Å²) < 4.78 is 88.1. The summed E-state index contributed by atoms with van der Waals surface area (Å²) in [4.78, 5) is 196. The van der Waals surface area contributed by atoms with Gasteiger partial charge < -0.3 is 94.7 Å². The van der Waals surface area contributed by atoms with Crippen molar-refractivity contribution in [3.8, 4) is 0 Å². The van der Waals surface area contributed by atoms with Gasteiger partial charge in [0.05, 0.1) is 132 Å². The Bertz CT molecular complexity index is 1750. The second-order valence-electron chi connectivity index (χ2n) is 20.2. The third-order valence-electron chi connectivity index (χ3n) is 7.91. The van der Waals surface area contributed by atoms with Gasteiger partial charge in [0.1, 0.15) is 0 Å². The molecular formula is C86H174O40. The number of ether oxygens (including phenoxy) is 20. The number of unbranched alkanes of at least 4 members (excludes halogenated alkanes) is 3. The molecule has 0 aromatic heterocycles. The van der Waals surface area contributed by atoms with E-state index in [1.165, 1.54) is 164 Å². The normalized spacial score (nSPS) is 7.73. The molecule has 0 aliphatic carbocycles. The number of hydrogen-bond acceptors (Lipinski definition) is 40. The molecule has 0 unspecified atom stereocenters. The van der Waals surface area contributed by atoms with Crippen molar-refractivity contribution >= 4 is 119 Å². The highest BCUT2D eigenvalue weighted by atomic mass is 16.6. The molecule has 0 bridgehead atoms. The summed E-state index contributed by atoms with van der Waals surface area (Å²) in [6.07, 6.45) is 5.54. The molecule has 0 amide bonds. The lowest BCUT2D eigenvalue weighted by Gasteiger charge is -1.89. The minimum absolute atomic E-state index is 0.211. The Hall–Kier alpha value is -10.6. The third-order valence-corrected chi connectivity index (χ3v) is 7.91. The molecule has 0 radical (unpaired) electrons. The minimum Gasteiger partial charge on any atom is -0.466 e. The first kappa shape index (κ1) is 169. The van der Waals surface area contributed by atoms with E-state index in [-0.39, 0.29) is 119 Å². The monoisotopic (exact) mass is 1850 g/mol. The van der Waals surface area contributed by atoms with E-state index in [1.807, 2.05) is 0 Å². The van der Waals surface area contributed by atoms with E-state index < -0.39 is 0 Å². The van der Waals surface area contributed by atoms with E-state index in [0.717, 1.165) is 0 Å². The lowest BCUT2D eigenvalue weighted by molar-refractivity contribution is -0.141. The Balaban J connectivity index is -0.0000000484. The van der Waals surface area contributed by atoms with Crippen LogP contribution in [0.1, 0.15) is 316 Å². The van der Waals surface area contributed by atoms with Crippen molar-refractivity contribution in [2.75, 3.05) is 132 Å². The fourth-order valence-corrected chi connectivity index (χ4v) is 4.57. The van der Waals surface area contributed by atoms with Crippen LogP contribution in [0.2, 0.25) is 0 Å². The predicted octanol–water partition coefficient (Wildman–Crippen LogP) is 14.0. The van der Waals surface area contributed by atoms with Crippen molar-refractivity contribution in [2.24, 2.45) is 0 Å². The van der Waals surface area contributed by atoms with Crippen molar-refractivity contribution < 1.29 is 191 Å². The summed E-state index contributed by atoms with van der Waals surface area (Å²) in [6, 6.07) is 0. The molecule has 0 heterocycles. The standard InChI is InChI=1S/C6H14.20C4H8O2/c1-3-5-6-4-2;20*1-3-6-4(2)5/h3-6H2,1-2H3;20*3H2,1-2H3. The largest absolute Gasteiger partial charge is 0.466 e. The first-order chi connectivity index (χ1) is 58.3. The van der Waals surface area contributed by atoms with Crippen molar-refractivity contribution in [1.29, 1.82) is 0 Å². The van der Waals surface area contributed by atoms with Gasteiger partial charge in [-0.05, 0) is 138 Å². The van der Waals surface area contributed by atoms with Gasteiger partial charge in [-0.2, -0.15) is 0 Å². The zero-order chi connectivity index (χ0) is 105. The molecular weight excluding hydrogens is 1670 g/mol. The van der Waals surface area contributed by atoms with Gasteiger partial charge in [-0.15, -0.1) is 0 Å². The number of carbonyl (C=O) groups excluding carboxylic acids is 20. The number of rotatable bonds is 23. The molecule has 0 aromatic carbocycles. The maximum atomic E-state index is 9.82. The highest BCUT2D eigenvalue weighted by Gasteiger charge is 1.92. The lowest BCUT2D eigenvalue weighted by atomic mass is 10.2. The second-order valence-corrected chi connectivity index (χ2v) is 20.2. The zero-order valence-corrected chi connectivity index (χ0v) is 85.3. The number of carbonyl (C=O) groups is 20. The highest BCUT2D eigenvalue weighted by Crippen LogP contribution is 1.95. The molecule has 0 spiro atoms. The minimum atomic E-state index is -0.211. The fourth-order valence-electron chi connectivity index (χ4n) is 4.57. The smallest absolute Gasteiger partial charge is 0.302 e. The van der Waals surface area contributed by atoms with Crippen LogP contribution in [0.4, 0.5) is 0 Å². The SMILES string of the molecule is CCCCCC.CCOC(C)=O.CCOC(C)=O.CCOC(C)=O.CCOC(C)=O.CCOC(C)=O.CCOC(C)=O.CCOC(C)=O.CCOC(C)=O.CCOC(C)=O.CCOC(C)=O.CCOC(C)=O.CCOC(C)=O.CCOC(C)=O.CCOC(C)=O.CCOC(C)=O.CCOC(C)=O.CCOC(C)=O.CCOC(C)=O.CCOC(C)=O.CCOC(C)=O. The van der Waals surface area contributed by atoms with Crippen LogP contribution in [-0.4, -0.2) is 252 Å². The molecule has 0 rings (SSSR count). The molecule has 0 saturated heterocycles. The van der Waals surface area contributed by atoms with Gasteiger partial charge >= 0.3 is 119 Å². The predicted molar refractivity (Wildman–Crippen MR) is 476 cm³/mol. The molecule has 0 fully saturated rings. The van der Waals surface area contributed by atoms with Crippen LogP contribution in [0.15, 0.2) is 0 Å². The van der Waals surface area contributed by atoms with E-state index in [0.29, 0.717) is 132 Å². The van der Waals surface area contributed by atoms with Gasteiger partial charge in [-0.25, -0.2) is 0 Å². The maximum Gasteiger partial charge on any atom is 0.302 e. The summed E-state index contributed by atoms with van der Waals surface area (Å²) in [6.45, 7) is 77.5. The van der Waals surface area contributed by atoms with Gasteiger partial charge in [0.25, 0.3) is 0 Å². The number of esters is 20. The van der Waals surface area contributed by atoms with Crippen LogP contribution in [0.3, 0.4) is 0 Å². The quantitative estimate of drug-likeness (QED) is 0.0521. The average Bonchev–Trinajstić information content (AvgIpc) is 1.47. The Labute approximate surface area is 755 Å². The van der Waals surface area contributed by atoms with Crippen LogP contribution >= 0.6 is 0 Å². The maximum absolute atomic E-state index is 9.82. The molecule has 0 N–H and O–H groups in total. The molecule has 0 aromatic rings. The molecule has 0 saturated carbocycles. The topological polar surface area (TPSA) is 526 Å². The molecule has 0 atom stereocenters. The Kier molecular flexibility index (Phi) is 227. The van der Waals surface area contributed by atoms with Crippen molar-refractivity contribution in [2.45, 2.75) is 316 Å². The van der Waals surface area contributed by atoms with E-state index in [4.69, 9.17) is 0 Å². The first-order valence-electron chi connectivity index (χ1n) is 41.0. The highest BCUT2D eigenvalue weighted by molar-refractivity contribution is 5.71. The van der Waals surface area contributed by atoms with Gasteiger partial charge in [0.2, 0.25) is 0 Å². The van der Waals surface area contributed by atoms with Gasteiger partial charge in [0, 0.05) is 138 Å². The summed E-state index contributed by atoms with van der Waals surface area (Å²) in [7, 11) is 0. The fraction of sp³-hybridized carbons (Fsp3) is 0.767. The summed E-state index contributed by atoms with van der Waals surface area (Å²) in [5.41, 5.74) is 0. The van der Waals surface area contributed by atoms with E-state index in [1.54, 1.807) is 138 Å². The average molecular weight is 1850 g/mol. The van der Waals surface area contributed by atoms with E-state index in [2.05, 4.69) is 109 Å².